The predicted molar refractivity (Wildman–Crippen MR) is 173 cm³/mol. The predicted octanol–water partition coefficient (Wildman–Crippen LogP) is 8.55. The summed E-state index contributed by atoms with van der Waals surface area (Å²) >= 11 is 0. The molecule has 0 bridgehead atoms. The first-order chi connectivity index (χ1) is 20.4. The van der Waals surface area contributed by atoms with Crippen molar-refractivity contribution in [3.05, 3.63) is 77.4 Å². The number of hydrogen-bond acceptors (Lipinski definition) is 4. The summed E-state index contributed by atoms with van der Waals surface area (Å²) in [6.07, 6.45) is 8.49. The minimum atomic E-state index is -0.0760. The molecule has 0 spiro atoms. The Kier molecular flexibility index (Phi) is 9.79. The van der Waals surface area contributed by atoms with E-state index in [1.54, 1.807) is 24.3 Å². The van der Waals surface area contributed by atoms with E-state index in [4.69, 9.17) is 0 Å². The summed E-state index contributed by atoms with van der Waals surface area (Å²) < 4.78 is 2.44. The number of hydrogen-bond donors (Lipinski definition) is 2. The van der Waals surface area contributed by atoms with Gasteiger partial charge in [-0.25, -0.2) is 0 Å². The molecule has 1 aromatic heterocycles. The number of unbranched alkanes of at least 4 members (excludes halogenated alkanes) is 4. The average molecular weight is 567 g/mol. The minimum Gasteiger partial charge on any atom is -0.508 e. The van der Waals surface area contributed by atoms with E-state index in [-0.39, 0.29) is 17.3 Å². The van der Waals surface area contributed by atoms with Crippen molar-refractivity contribution in [2.24, 2.45) is 17.8 Å². The van der Waals surface area contributed by atoms with Gasteiger partial charge >= 0.3 is 0 Å². The van der Waals surface area contributed by atoms with Crippen molar-refractivity contribution >= 4 is 33.4 Å². The van der Waals surface area contributed by atoms with E-state index < -0.39 is 0 Å². The molecule has 222 valence electrons. The number of fused-ring (bicyclic) bond motifs is 3. The van der Waals surface area contributed by atoms with Crippen molar-refractivity contribution in [1.29, 1.82) is 0 Å². The van der Waals surface area contributed by atoms with E-state index in [1.807, 2.05) is 18.2 Å². The smallest absolute Gasteiger partial charge is 0.193 e. The molecule has 2 heterocycles. The summed E-state index contributed by atoms with van der Waals surface area (Å²) in [6.45, 7) is 9.99. The fraction of sp³-hybridized carbons (Fsp3) is 0.459. The zero-order valence-electron chi connectivity index (χ0n) is 25.5. The van der Waals surface area contributed by atoms with E-state index in [2.05, 4.69) is 48.9 Å². The molecule has 1 fully saturated rings. The lowest BCUT2D eigenvalue weighted by molar-refractivity contribution is 0.0978. The van der Waals surface area contributed by atoms with Crippen LogP contribution in [0.15, 0.2) is 60.7 Å². The van der Waals surface area contributed by atoms with Gasteiger partial charge in [-0.1, -0.05) is 52.9 Å². The van der Waals surface area contributed by atoms with E-state index in [1.165, 1.54) is 19.3 Å². The maximum absolute atomic E-state index is 13.4. The van der Waals surface area contributed by atoms with Crippen LogP contribution in [0.3, 0.4) is 0 Å². The van der Waals surface area contributed by atoms with Gasteiger partial charge in [0.2, 0.25) is 0 Å². The molecule has 5 rings (SSSR count). The highest BCUT2D eigenvalue weighted by molar-refractivity contribution is 6.15. The molecule has 2 atom stereocenters. The number of Topliss-reactive ketones (excluding diaryl/α,β-unsaturated/α-hetero) is 1. The second kappa shape index (κ2) is 13.7. The van der Waals surface area contributed by atoms with E-state index in [9.17, 15) is 14.7 Å². The first-order valence-corrected chi connectivity index (χ1v) is 16.0. The van der Waals surface area contributed by atoms with Crippen LogP contribution in [-0.4, -0.2) is 34.3 Å². The van der Waals surface area contributed by atoms with Crippen LogP contribution >= 0.6 is 0 Å². The number of carbonyl (C=O) groups is 2. The molecule has 5 heteroatoms. The standard InChI is InChI=1S/C37H46N2O3/c1-4-6-8-9-11-36(41)27-14-18-34-32(20-27)33-21-28(37(42)26-12-16-31(40)17-13-26)15-19-35(33)39(34)24-29(10-7-5-2)25(3)30-22-38-23-30/h12-21,25,29-30,38,40H,4-11,22-24H2,1-3H3. The van der Waals surface area contributed by atoms with Gasteiger partial charge in [-0.2, -0.15) is 0 Å². The molecule has 2 N–H and O–H groups in total. The van der Waals surface area contributed by atoms with Crippen molar-refractivity contribution in [3.63, 3.8) is 0 Å². The lowest BCUT2D eigenvalue weighted by Crippen LogP contribution is -2.47. The number of rotatable bonds is 15. The Morgan fingerprint density at radius 2 is 1.45 bits per heavy atom. The number of phenolic OH excluding ortho intramolecular Hbond substituents is 1. The molecule has 2 unspecified atom stereocenters. The van der Waals surface area contributed by atoms with Gasteiger partial charge in [0, 0.05) is 51.5 Å². The van der Waals surface area contributed by atoms with Gasteiger partial charge < -0.3 is 15.0 Å². The fourth-order valence-electron chi connectivity index (χ4n) is 6.54. The first kappa shape index (κ1) is 30.0. The van der Waals surface area contributed by atoms with Crippen molar-refractivity contribution in [3.8, 4) is 5.75 Å². The van der Waals surface area contributed by atoms with Crippen LogP contribution < -0.4 is 5.32 Å². The lowest BCUT2D eigenvalue weighted by atomic mass is 9.77. The topological polar surface area (TPSA) is 71.3 Å². The van der Waals surface area contributed by atoms with Crippen LogP contribution in [0, 0.1) is 17.8 Å². The summed E-state index contributed by atoms with van der Waals surface area (Å²) in [7, 11) is 0. The minimum absolute atomic E-state index is 0.0760. The summed E-state index contributed by atoms with van der Waals surface area (Å²) in [4.78, 5) is 26.6. The Balaban J connectivity index is 1.56. The molecular weight excluding hydrogens is 520 g/mol. The van der Waals surface area contributed by atoms with Gasteiger partial charge in [0.15, 0.2) is 11.6 Å². The van der Waals surface area contributed by atoms with Gasteiger partial charge in [0.05, 0.1) is 0 Å². The number of phenols is 1. The van der Waals surface area contributed by atoms with Crippen molar-refractivity contribution in [1.82, 2.24) is 9.88 Å². The molecule has 0 radical (unpaired) electrons. The molecule has 3 aromatic carbocycles. The number of ketones is 2. The zero-order valence-corrected chi connectivity index (χ0v) is 25.5. The molecule has 0 amide bonds. The fourth-order valence-corrected chi connectivity index (χ4v) is 6.54. The summed E-state index contributed by atoms with van der Waals surface area (Å²) in [5, 5.41) is 15.2. The molecule has 1 aliphatic rings. The third kappa shape index (κ3) is 6.47. The Hall–Kier alpha value is -3.44. The highest BCUT2D eigenvalue weighted by Crippen LogP contribution is 2.36. The number of aromatic nitrogens is 1. The number of nitrogens with zero attached hydrogens (tertiary/aromatic N) is 1. The third-order valence-electron chi connectivity index (χ3n) is 9.48. The van der Waals surface area contributed by atoms with Gasteiger partial charge in [-0.05, 0) is 104 Å². The molecule has 1 aliphatic heterocycles. The zero-order chi connectivity index (χ0) is 29.6. The third-order valence-corrected chi connectivity index (χ3v) is 9.48. The molecule has 1 saturated heterocycles. The normalized spacial score (nSPS) is 15.1. The highest BCUT2D eigenvalue weighted by Gasteiger charge is 2.30. The number of nitrogens with one attached hydrogen (secondary N) is 1. The SMILES string of the molecule is CCCCCCC(=O)c1ccc2c(c1)c1cc(C(=O)c3ccc(O)cc3)ccc1n2CC(CCCC)C(C)C1CNC1. The quantitative estimate of drug-likeness (QED) is 0.112. The van der Waals surface area contributed by atoms with Gasteiger partial charge in [0.25, 0.3) is 0 Å². The van der Waals surface area contributed by atoms with Crippen LogP contribution in [0.25, 0.3) is 21.8 Å². The van der Waals surface area contributed by atoms with Gasteiger partial charge in [0.1, 0.15) is 5.75 Å². The second-order valence-corrected chi connectivity index (χ2v) is 12.4. The molecule has 5 nitrogen and oxygen atoms in total. The summed E-state index contributed by atoms with van der Waals surface area (Å²) in [6, 6.07) is 18.6. The van der Waals surface area contributed by atoms with Crippen LogP contribution in [0.5, 0.6) is 5.75 Å². The van der Waals surface area contributed by atoms with Crippen LogP contribution in [0.2, 0.25) is 0 Å². The molecule has 42 heavy (non-hydrogen) atoms. The average Bonchev–Trinajstić information content (AvgIpc) is 3.28. The lowest BCUT2D eigenvalue weighted by Gasteiger charge is -2.38. The van der Waals surface area contributed by atoms with Crippen molar-refractivity contribution < 1.29 is 14.7 Å². The Morgan fingerprint density at radius 1 is 0.833 bits per heavy atom. The van der Waals surface area contributed by atoms with Crippen LogP contribution in [-0.2, 0) is 6.54 Å². The van der Waals surface area contributed by atoms with Crippen molar-refractivity contribution in [2.75, 3.05) is 13.1 Å². The summed E-state index contributed by atoms with van der Waals surface area (Å²) in [5.74, 6) is 2.14. The molecular formula is C37H46N2O3. The second-order valence-electron chi connectivity index (χ2n) is 12.4. The maximum Gasteiger partial charge on any atom is 0.193 e. The van der Waals surface area contributed by atoms with Gasteiger partial charge in [-0.3, -0.25) is 9.59 Å². The highest BCUT2D eigenvalue weighted by atomic mass is 16.3. The van der Waals surface area contributed by atoms with E-state index in [0.29, 0.717) is 35.3 Å². The first-order valence-electron chi connectivity index (χ1n) is 16.0. The maximum atomic E-state index is 13.4. The van der Waals surface area contributed by atoms with E-state index in [0.717, 1.165) is 72.7 Å². The molecule has 0 aliphatic carbocycles. The number of benzene rings is 3. The van der Waals surface area contributed by atoms with E-state index >= 15 is 0 Å². The number of carbonyl (C=O) groups excluding carboxylic acids is 2. The van der Waals surface area contributed by atoms with Gasteiger partial charge in [-0.15, -0.1) is 0 Å². The molecule has 4 aromatic rings. The van der Waals surface area contributed by atoms with Crippen LogP contribution in [0.4, 0.5) is 0 Å². The summed E-state index contributed by atoms with van der Waals surface area (Å²) in [5.41, 5.74) is 4.15. The van der Waals surface area contributed by atoms with Crippen LogP contribution in [0.1, 0.15) is 98.4 Å². The largest absolute Gasteiger partial charge is 0.508 e. The van der Waals surface area contributed by atoms with Crippen molar-refractivity contribution in [2.45, 2.75) is 78.7 Å². The number of aromatic hydroxyl groups is 1. The molecule has 0 saturated carbocycles. The Bertz CT molecular complexity index is 1530. The Labute approximate surface area is 250 Å². The monoisotopic (exact) mass is 566 g/mol. The Morgan fingerprint density at radius 3 is 2.07 bits per heavy atom.